The van der Waals surface area contributed by atoms with E-state index in [-0.39, 0.29) is 17.2 Å². The summed E-state index contributed by atoms with van der Waals surface area (Å²) < 4.78 is 5.16. The van der Waals surface area contributed by atoms with E-state index in [1.807, 2.05) is 18.2 Å². The average Bonchev–Trinajstić information content (AvgIpc) is 3.10. The molecule has 2 amide bonds. The Balaban J connectivity index is 1.84. The maximum Gasteiger partial charge on any atom is 0.300 e. The predicted octanol–water partition coefficient (Wildman–Crippen LogP) is 4.28. The summed E-state index contributed by atoms with van der Waals surface area (Å²) in [5.41, 5.74) is 2.11. The minimum atomic E-state index is -0.820. The third-order valence-corrected chi connectivity index (χ3v) is 5.39. The van der Waals surface area contributed by atoms with Crippen molar-refractivity contribution in [1.29, 1.82) is 0 Å². The Labute approximate surface area is 190 Å². The highest BCUT2D eigenvalue weighted by atomic mass is 16.5. The molecule has 0 saturated carbocycles. The van der Waals surface area contributed by atoms with Crippen molar-refractivity contribution >= 4 is 34.7 Å². The maximum atomic E-state index is 13.1. The highest BCUT2D eigenvalue weighted by Gasteiger charge is 2.46. The molecule has 0 aromatic heterocycles. The van der Waals surface area contributed by atoms with Crippen LogP contribution in [0.25, 0.3) is 5.76 Å². The van der Waals surface area contributed by atoms with Crippen LogP contribution in [-0.2, 0) is 14.4 Å². The van der Waals surface area contributed by atoms with Gasteiger partial charge < -0.3 is 15.2 Å². The quantitative estimate of drug-likeness (QED) is 0.349. The molecule has 0 radical (unpaired) electrons. The monoisotopic (exact) mass is 442 g/mol. The van der Waals surface area contributed by atoms with Crippen LogP contribution in [-0.4, -0.2) is 29.8 Å². The molecule has 2 N–H and O–H groups in total. The summed E-state index contributed by atoms with van der Waals surface area (Å²) in [7, 11) is 1.53. The number of nitrogens with one attached hydrogen (secondary N) is 1. The molecule has 4 rings (SSSR count). The van der Waals surface area contributed by atoms with Crippen LogP contribution in [0.5, 0.6) is 5.75 Å². The first kappa shape index (κ1) is 21.8. The van der Waals surface area contributed by atoms with Crippen LogP contribution in [0.4, 0.5) is 11.4 Å². The molecule has 1 aliphatic heterocycles. The van der Waals surface area contributed by atoms with E-state index >= 15 is 0 Å². The van der Waals surface area contributed by atoms with E-state index in [9.17, 15) is 19.5 Å². The van der Waals surface area contributed by atoms with Crippen molar-refractivity contribution in [1.82, 2.24) is 0 Å². The number of hydrogen-bond acceptors (Lipinski definition) is 5. The van der Waals surface area contributed by atoms with E-state index in [4.69, 9.17) is 4.74 Å². The molecule has 1 fully saturated rings. The third-order valence-electron chi connectivity index (χ3n) is 5.39. The highest BCUT2D eigenvalue weighted by Crippen LogP contribution is 2.42. The van der Waals surface area contributed by atoms with E-state index in [0.29, 0.717) is 28.3 Å². The van der Waals surface area contributed by atoms with Gasteiger partial charge in [0.15, 0.2) is 0 Å². The van der Waals surface area contributed by atoms with Gasteiger partial charge in [0.1, 0.15) is 11.5 Å². The summed E-state index contributed by atoms with van der Waals surface area (Å²) in [6.07, 6.45) is 0. The van der Waals surface area contributed by atoms with Gasteiger partial charge in [-0.25, -0.2) is 0 Å². The number of benzene rings is 3. The van der Waals surface area contributed by atoms with Crippen LogP contribution in [0.15, 0.2) is 84.4 Å². The van der Waals surface area contributed by atoms with Crippen molar-refractivity contribution in [2.45, 2.75) is 13.0 Å². The lowest BCUT2D eigenvalue weighted by Crippen LogP contribution is -2.29. The number of anilines is 2. The highest BCUT2D eigenvalue weighted by molar-refractivity contribution is 6.51. The number of carbonyl (C=O) groups is 3. The van der Waals surface area contributed by atoms with Gasteiger partial charge in [-0.05, 0) is 54.1 Å². The van der Waals surface area contributed by atoms with Crippen LogP contribution < -0.4 is 15.0 Å². The smallest absolute Gasteiger partial charge is 0.300 e. The zero-order valence-electron chi connectivity index (χ0n) is 18.1. The summed E-state index contributed by atoms with van der Waals surface area (Å²) in [4.78, 5) is 39.0. The van der Waals surface area contributed by atoms with E-state index in [2.05, 4.69) is 5.32 Å². The fraction of sp³-hybridized carbons (Fsp3) is 0.115. The first-order chi connectivity index (χ1) is 15.9. The molecule has 0 bridgehead atoms. The number of aliphatic hydroxyl groups excluding tert-OH is 1. The van der Waals surface area contributed by atoms with Gasteiger partial charge in [0.05, 0.1) is 18.7 Å². The molecule has 0 aliphatic carbocycles. The number of rotatable bonds is 5. The zero-order valence-corrected chi connectivity index (χ0v) is 18.1. The molecule has 7 heteroatoms. The summed E-state index contributed by atoms with van der Waals surface area (Å²) in [5.74, 6) is -1.39. The van der Waals surface area contributed by atoms with Crippen LogP contribution >= 0.6 is 0 Å². The molecule has 166 valence electrons. The van der Waals surface area contributed by atoms with Crippen molar-refractivity contribution in [2.75, 3.05) is 17.3 Å². The van der Waals surface area contributed by atoms with Gasteiger partial charge in [-0.2, -0.15) is 0 Å². The van der Waals surface area contributed by atoms with Crippen molar-refractivity contribution < 1.29 is 24.2 Å². The summed E-state index contributed by atoms with van der Waals surface area (Å²) in [6.45, 7) is 1.40. The van der Waals surface area contributed by atoms with Gasteiger partial charge in [0.25, 0.3) is 11.7 Å². The maximum absolute atomic E-state index is 13.1. The minimum absolute atomic E-state index is 0.00213. The molecule has 1 heterocycles. The molecular formula is C26H22N2O5. The molecule has 1 aliphatic rings. The Morgan fingerprint density at radius 3 is 2.15 bits per heavy atom. The number of ketones is 1. The van der Waals surface area contributed by atoms with Crippen LogP contribution in [0, 0.1) is 0 Å². The standard InChI is InChI=1S/C26H22N2O5/c1-16(29)27-19-10-12-20(13-11-19)28-23(17-6-4-3-5-7-17)22(25(31)26(28)32)24(30)18-8-14-21(33-2)15-9-18/h3-15,23,30H,1-2H3,(H,27,29)/b24-22+. The fourth-order valence-corrected chi connectivity index (χ4v) is 3.86. The number of Topliss-reactive ketones (excluding diaryl/α,β-unsaturated/α-hetero) is 1. The van der Waals surface area contributed by atoms with E-state index in [1.54, 1.807) is 60.7 Å². The summed E-state index contributed by atoms with van der Waals surface area (Å²) in [6, 6.07) is 21.5. The number of amides is 2. The Morgan fingerprint density at radius 1 is 0.939 bits per heavy atom. The van der Waals surface area contributed by atoms with Gasteiger partial charge >= 0.3 is 0 Å². The number of ether oxygens (including phenoxy) is 1. The van der Waals surface area contributed by atoms with Gasteiger partial charge in [-0.3, -0.25) is 19.3 Å². The molecule has 1 atom stereocenters. The fourth-order valence-electron chi connectivity index (χ4n) is 3.86. The number of methoxy groups -OCH3 is 1. The van der Waals surface area contributed by atoms with Crippen LogP contribution in [0.1, 0.15) is 24.1 Å². The van der Waals surface area contributed by atoms with E-state index in [1.165, 1.54) is 18.9 Å². The van der Waals surface area contributed by atoms with E-state index in [0.717, 1.165) is 0 Å². The Bertz CT molecular complexity index is 1230. The topological polar surface area (TPSA) is 95.9 Å². The molecule has 0 spiro atoms. The lowest BCUT2D eigenvalue weighted by atomic mass is 9.95. The molecule has 33 heavy (non-hydrogen) atoms. The predicted molar refractivity (Wildman–Crippen MR) is 125 cm³/mol. The minimum Gasteiger partial charge on any atom is -0.507 e. The summed E-state index contributed by atoms with van der Waals surface area (Å²) in [5, 5.41) is 13.8. The Hall–Kier alpha value is -4.39. The Kier molecular flexibility index (Phi) is 5.95. The van der Waals surface area contributed by atoms with Crippen molar-refractivity contribution in [3.05, 3.63) is 95.6 Å². The normalized spacial score (nSPS) is 17.2. The Morgan fingerprint density at radius 2 is 1.58 bits per heavy atom. The second-order valence-corrected chi connectivity index (χ2v) is 7.54. The molecule has 1 saturated heterocycles. The molecule has 1 unspecified atom stereocenters. The molecule has 3 aromatic carbocycles. The lowest BCUT2D eigenvalue weighted by molar-refractivity contribution is -0.132. The number of aliphatic hydroxyl groups is 1. The second kappa shape index (κ2) is 9.00. The van der Waals surface area contributed by atoms with Gasteiger partial charge in [-0.15, -0.1) is 0 Å². The van der Waals surface area contributed by atoms with Crippen molar-refractivity contribution in [3.8, 4) is 5.75 Å². The van der Waals surface area contributed by atoms with Gasteiger partial charge in [0.2, 0.25) is 5.91 Å². The number of carbonyl (C=O) groups excluding carboxylic acids is 3. The average molecular weight is 442 g/mol. The number of nitrogens with zero attached hydrogens (tertiary/aromatic N) is 1. The van der Waals surface area contributed by atoms with Crippen molar-refractivity contribution in [3.63, 3.8) is 0 Å². The molecular weight excluding hydrogens is 420 g/mol. The van der Waals surface area contributed by atoms with Gasteiger partial charge in [-0.1, -0.05) is 30.3 Å². The summed E-state index contributed by atoms with van der Waals surface area (Å²) >= 11 is 0. The van der Waals surface area contributed by atoms with Crippen molar-refractivity contribution in [2.24, 2.45) is 0 Å². The molecule has 3 aromatic rings. The third kappa shape index (κ3) is 4.21. The lowest BCUT2D eigenvalue weighted by Gasteiger charge is -2.25. The van der Waals surface area contributed by atoms with Crippen LogP contribution in [0.2, 0.25) is 0 Å². The first-order valence-corrected chi connectivity index (χ1v) is 10.3. The first-order valence-electron chi connectivity index (χ1n) is 10.3. The molecule has 7 nitrogen and oxygen atoms in total. The zero-order chi connectivity index (χ0) is 23.5. The number of hydrogen-bond donors (Lipinski definition) is 2. The van der Waals surface area contributed by atoms with Crippen LogP contribution in [0.3, 0.4) is 0 Å². The van der Waals surface area contributed by atoms with E-state index < -0.39 is 17.7 Å². The SMILES string of the molecule is COc1ccc(/C(O)=C2\C(=O)C(=O)N(c3ccc(NC(C)=O)cc3)C2c2ccccc2)cc1. The second-order valence-electron chi connectivity index (χ2n) is 7.54. The van der Waals surface area contributed by atoms with Gasteiger partial charge in [0, 0.05) is 23.9 Å². The largest absolute Gasteiger partial charge is 0.507 e.